The number of rotatable bonds is 4. The molecule has 0 spiro atoms. The molecule has 1 aliphatic carbocycles. The fourth-order valence-electron chi connectivity index (χ4n) is 3.55. The molecule has 4 heterocycles. The molecule has 1 N–H and O–H groups in total. The van der Waals surface area contributed by atoms with E-state index >= 15 is 0 Å². The average Bonchev–Trinajstić information content (AvgIpc) is 3.31. The molecule has 0 aromatic carbocycles. The van der Waals surface area contributed by atoms with Crippen molar-refractivity contribution in [3.05, 3.63) is 32.4 Å². The number of H-pyrrole nitrogens is 1. The van der Waals surface area contributed by atoms with E-state index in [2.05, 4.69) is 19.2 Å². The topological polar surface area (TPSA) is 78.0 Å². The largest absolute Gasteiger partial charge is 0.344 e. The van der Waals surface area contributed by atoms with Gasteiger partial charge in [0, 0.05) is 48.5 Å². The lowest BCUT2D eigenvalue weighted by Gasteiger charge is -2.33. The molecule has 9 heteroatoms. The number of aromatic amines is 1. The van der Waals surface area contributed by atoms with Crippen LogP contribution in [0.2, 0.25) is 0 Å². The normalized spacial score (nSPS) is 18.5. The lowest BCUT2D eigenvalue weighted by Crippen LogP contribution is -2.46. The van der Waals surface area contributed by atoms with Crippen LogP contribution in [0.25, 0.3) is 10.2 Å². The Morgan fingerprint density at radius 2 is 1.93 bits per heavy atom. The van der Waals surface area contributed by atoms with E-state index in [1.807, 2.05) is 13.8 Å². The van der Waals surface area contributed by atoms with E-state index in [0.717, 1.165) is 63.6 Å². The van der Waals surface area contributed by atoms with Gasteiger partial charge in [0.15, 0.2) is 0 Å². The quantitative estimate of drug-likeness (QED) is 0.723. The molecule has 0 atom stereocenters. The molecule has 2 aliphatic rings. The van der Waals surface area contributed by atoms with Crippen molar-refractivity contribution < 1.29 is 0 Å². The van der Waals surface area contributed by atoms with Crippen LogP contribution in [0, 0.1) is 13.8 Å². The van der Waals surface area contributed by atoms with E-state index in [1.165, 1.54) is 24.4 Å². The van der Waals surface area contributed by atoms with Gasteiger partial charge in [0.25, 0.3) is 5.56 Å². The monoisotopic (exact) mass is 402 g/mol. The number of hydrogen-bond acceptors (Lipinski definition) is 8. The summed E-state index contributed by atoms with van der Waals surface area (Å²) in [5.41, 5.74) is 1.03. The number of fused-ring (bicyclic) bond motifs is 1. The maximum Gasteiger partial charge on any atom is 0.259 e. The first kappa shape index (κ1) is 17.3. The predicted octanol–water partition coefficient (Wildman–Crippen LogP) is 2.65. The van der Waals surface area contributed by atoms with Crippen LogP contribution in [0.1, 0.15) is 40.8 Å². The lowest BCUT2D eigenvalue weighted by atomic mass is 10.2. The molecule has 2 fully saturated rings. The molecule has 0 unspecified atom stereocenters. The van der Waals surface area contributed by atoms with Crippen molar-refractivity contribution in [3.8, 4) is 0 Å². The van der Waals surface area contributed by atoms with E-state index in [-0.39, 0.29) is 5.56 Å². The summed E-state index contributed by atoms with van der Waals surface area (Å²) in [6, 6.07) is 0. The minimum absolute atomic E-state index is 0.0167. The second-order valence-electron chi connectivity index (χ2n) is 7.45. The van der Waals surface area contributed by atoms with Gasteiger partial charge in [-0.05, 0) is 32.3 Å². The zero-order valence-corrected chi connectivity index (χ0v) is 17.1. The molecule has 3 aromatic rings. The molecule has 1 saturated carbocycles. The summed E-state index contributed by atoms with van der Waals surface area (Å²) >= 11 is 3.13. The van der Waals surface area contributed by atoms with Crippen LogP contribution in [-0.4, -0.2) is 50.4 Å². The Balaban J connectivity index is 1.26. The Hall–Kier alpha value is -1.84. The number of aryl methyl sites for hydroxylation is 2. The summed E-state index contributed by atoms with van der Waals surface area (Å²) < 4.78 is 4.51. The number of hydrogen-bond donors (Lipinski definition) is 1. The fraction of sp³-hybridized carbons (Fsp3) is 0.556. The summed E-state index contributed by atoms with van der Waals surface area (Å²) in [7, 11) is 0. The second kappa shape index (κ2) is 6.65. The van der Waals surface area contributed by atoms with Gasteiger partial charge in [-0.25, -0.2) is 9.97 Å². The van der Waals surface area contributed by atoms with Crippen LogP contribution in [0.3, 0.4) is 0 Å². The van der Waals surface area contributed by atoms with Gasteiger partial charge >= 0.3 is 0 Å². The Labute approximate surface area is 165 Å². The molecule has 0 bridgehead atoms. The maximum absolute atomic E-state index is 12.4. The molecule has 5 rings (SSSR count). The SMILES string of the molecule is Cc1sc2nc(CN3CCN(c4nc(C5CC5)ns4)CC3)[nH]c(=O)c2c1C. The number of nitrogens with one attached hydrogen (secondary N) is 1. The predicted molar refractivity (Wildman–Crippen MR) is 109 cm³/mol. The van der Waals surface area contributed by atoms with Crippen molar-refractivity contribution >= 4 is 38.2 Å². The van der Waals surface area contributed by atoms with E-state index in [4.69, 9.17) is 9.97 Å². The average molecular weight is 403 g/mol. The third kappa shape index (κ3) is 3.28. The number of thiophene rings is 1. The van der Waals surface area contributed by atoms with Gasteiger partial charge in [-0.15, -0.1) is 11.3 Å². The summed E-state index contributed by atoms with van der Waals surface area (Å²) in [5.74, 6) is 2.40. The lowest BCUT2D eigenvalue weighted by molar-refractivity contribution is 0.244. The number of aromatic nitrogens is 4. The van der Waals surface area contributed by atoms with Crippen LogP contribution >= 0.6 is 22.9 Å². The maximum atomic E-state index is 12.4. The first-order valence-corrected chi connectivity index (χ1v) is 11.0. The van der Waals surface area contributed by atoms with Crippen LogP contribution in [0.15, 0.2) is 4.79 Å². The molecular formula is C18H22N6OS2. The third-order valence-electron chi connectivity index (χ3n) is 5.48. The first-order chi connectivity index (χ1) is 13.1. The zero-order chi connectivity index (χ0) is 18.5. The van der Waals surface area contributed by atoms with Crippen molar-refractivity contribution in [1.29, 1.82) is 0 Å². The van der Waals surface area contributed by atoms with E-state index in [1.54, 1.807) is 11.3 Å². The highest BCUT2D eigenvalue weighted by Crippen LogP contribution is 2.39. The highest BCUT2D eigenvalue weighted by atomic mass is 32.1. The molecule has 27 heavy (non-hydrogen) atoms. The Kier molecular flexibility index (Phi) is 4.25. The molecule has 142 valence electrons. The zero-order valence-electron chi connectivity index (χ0n) is 15.5. The summed E-state index contributed by atoms with van der Waals surface area (Å²) in [5, 5.41) is 1.79. The Morgan fingerprint density at radius 1 is 1.15 bits per heavy atom. The summed E-state index contributed by atoms with van der Waals surface area (Å²) in [6.07, 6.45) is 2.48. The molecule has 1 saturated heterocycles. The highest BCUT2D eigenvalue weighted by molar-refractivity contribution is 7.18. The van der Waals surface area contributed by atoms with Gasteiger partial charge < -0.3 is 9.88 Å². The third-order valence-corrected chi connectivity index (χ3v) is 7.37. The van der Waals surface area contributed by atoms with Crippen LogP contribution < -0.4 is 10.5 Å². The van der Waals surface area contributed by atoms with Crippen LogP contribution in [-0.2, 0) is 6.54 Å². The van der Waals surface area contributed by atoms with Crippen LogP contribution in [0.5, 0.6) is 0 Å². The Bertz CT molecular complexity index is 1040. The summed E-state index contributed by atoms with van der Waals surface area (Å²) in [4.78, 5) is 31.5. The van der Waals surface area contributed by atoms with Gasteiger partial charge in [-0.1, -0.05) is 0 Å². The van der Waals surface area contributed by atoms with Crippen molar-refractivity contribution in [2.75, 3.05) is 31.1 Å². The molecule has 1 aliphatic heterocycles. The molecular weight excluding hydrogens is 380 g/mol. The second-order valence-corrected chi connectivity index (χ2v) is 9.38. The van der Waals surface area contributed by atoms with Gasteiger partial charge in [0.2, 0.25) is 5.13 Å². The van der Waals surface area contributed by atoms with Crippen molar-refractivity contribution in [3.63, 3.8) is 0 Å². The highest BCUT2D eigenvalue weighted by Gasteiger charge is 2.29. The fourth-order valence-corrected chi connectivity index (χ4v) is 5.39. The van der Waals surface area contributed by atoms with Gasteiger partial charge in [-0.2, -0.15) is 4.37 Å². The number of piperazine rings is 1. The van der Waals surface area contributed by atoms with Crippen molar-refractivity contribution in [2.45, 2.75) is 39.2 Å². The van der Waals surface area contributed by atoms with E-state index < -0.39 is 0 Å². The van der Waals surface area contributed by atoms with Gasteiger partial charge in [-0.3, -0.25) is 9.69 Å². The number of nitrogens with zero attached hydrogens (tertiary/aromatic N) is 5. The van der Waals surface area contributed by atoms with E-state index in [0.29, 0.717) is 12.5 Å². The standard InChI is InChI=1S/C18H22N6OS2/c1-10-11(2)26-17-14(10)16(25)19-13(20-17)9-23-5-7-24(8-6-23)18-21-15(22-27-18)12-3-4-12/h12H,3-9H2,1-2H3,(H,19,20,25). The summed E-state index contributed by atoms with van der Waals surface area (Å²) in [6.45, 7) is 8.45. The molecule has 3 aromatic heterocycles. The van der Waals surface area contributed by atoms with Crippen molar-refractivity contribution in [2.24, 2.45) is 0 Å². The van der Waals surface area contributed by atoms with Gasteiger partial charge in [0.05, 0.1) is 11.9 Å². The molecule has 0 amide bonds. The van der Waals surface area contributed by atoms with Gasteiger partial charge in [0.1, 0.15) is 16.5 Å². The van der Waals surface area contributed by atoms with Crippen molar-refractivity contribution in [1.82, 2.24) is 24.2 Å². The number of anilines is 1. The molecule has 0 radical (unpaired) electrons. The minimum Gasteiger partial charge on any atom is -0.344 e. The molecule has 7 nitrogen and oxygen atoms in total. The smallest absolute Gasteiger partial charge is 0.259 e. The van der Waals surface area contributed by atoms with Crippen LogP contribution in [0.4, 0.5) is 5.13 Å². The van der Waals surface area contributed by atoms with E-state index in [9.17, 15) is 4.79 Å². The minimum atomic E-state index is -0.0167. The first-order valence-electron chi connectivity index (χ1n) is 9.38. The Morgan fingerprint density at radius 3 is 2.67 bits per heavy atom.